The van der Waals surface area contributed by atoms with E-state index in [4.69, 9.17) is 0 Å². The molecule has 0 aliphatic carbocycles. The number of aromatic nitrogens is 2. The van der Waals surface area contributed by atoms with Crippen LogP contribution < -0.4 is 0 Å². The molecule has 6 nitrogen and oxygen atoms in total. The summed E-state index contributed by atoms with van der Waals surface area (Å²) in [4.78, 5) is 16.9. The zero-order valence-corrected chi connectivity index (χ0v) is 9.48. The van der Waals surface area contributed by atoms with Crippen molar-refractivity contribution in [1.82, 2.24) is 14.3 Å². The lowest BCUT2D eigenvalue weighted by atomic mass is 10.0. The van der Waals surface area contributed by atoms with Crippen molar-refractivity contribution in [2.75, 3.05) is 13.1 Å². The van der Waals surface area contributed by atoms with Gasteiger partial charge in [0.05, 0.1) is 12.5 Å². The van der Waals surface area contributed by atoms with E-state index in [1.165, 1.54) is 16.8 Å². The van der Waals surface area contributed by atoms with Gasteiger partial charge in [0.2, 0.25) is 0 Å². The van der Waals surface area contributed by atoms with Crippen LogP contribution in [0, 0.1) is 5.92 Å². The summed E-state index contributed by atoms with van der Waals surface area (Å²) in [5, 5.41) is 0.0825. The average Bonchev–Trinajstić information content (AvgIpc) is 2.83. The number of rotatable bonds is 3. The number of H-pyrrole nitrogens is 1. The SMILES string of the molecule is O=CC1CCCN(S(=O)(=O)c2cnc[nH]2)C1. The Balaban J connectivity index is 2.21. The highest BCUT2D eigenvalue weighted by molar-refractivity contribution is 7.89. The molecule has 2 rings (SSSR count). The van der Waals surface area contributed by atoms with Gasteiger partial charge in [0.15, 0.2) is 5.03 Å². The molecule has 0 saturated carbocycles. The molecule has 2 heterocycles. The fourth-order valence-electron chi connectivity index (χ4n) is 1.83. The highest BCUT2D eigenvalue weighted by atomic mass is 32.2. The Morgan fingerprint density at radius 1 is 1.56 bits per heavy atom. The van der Waals surface area contributed by atoms with E-state index >= 15 is 0 Å². The third-order valence-corrected chi connectivity index (χ3v) is 4.49. The smallest absolute Gasteiger partial charge is 0.260 e. The molecule has 0 spiro atoms. The number of sulfonamides is 1. The van der Waals surface area contributed by atoms with E-state index in [0.717, 1.165) is 19.1 Å². The van der Waals surface area contributed by atoms with Gasteiger partial charge in [-0.25, -0.2) is 13.4 Å². The van der Waals surface area contributed by atoms with Crippen LogP contribution in [0.5, 0.6) is 0 Å². The lowest BCUT2D eigenvalue weighted by Gasteiger charge is -2.28. The second-order valence-electron chi connectivity index (χ2n) is 3.82. The summed E-state index contributed by atoms with van der Waals surface area (Å²) in [5.74, 6) is -0.188. The first-order valence-electron chi connectivity index (χ1n) is 5.08. The molecule has 1 atom stereocenters. The third-order valence-electron chi connectivity index (χ3n) is 2.70. The van der Waals surface area contributed by atoms with E-state index in [-0.39, 0.29) is 17.5 Å². The average molecular weight is 243 g/mol. The molecular weight excluding hydrogens is 230 g/mol. The number of carbonyl (C=O) groups excluding carboxylic acids is 1. The summed E-state index contributed by atoms with van der Waals surface area (Å²) >= 11 is 0. The molecule has 1 aromatic rings. The molecular formula is C9H13N3O3S. The molecule has 0 aromatic carbocycles. The second-order valence-corrected chi connectivity index (χ2v) is 5.72. The second kappa shape index (κ2) is 4.34. The highest BCUT2D eigenvalue weighted by Crippen LogP contribution is 2.21. The first-order chi connectivity index (χ1) is 7.64. The molecule has 1 aromatic heterocycles. The first-order valence-corrected chi connectivity index (χ1v) is 6.52. The fourth-order valence-corrected chi connectivity index (χ4v) is 3.26. The van der Waals surface area contributed by atoms with Crippen LogP contribution in [0.4, 0.5) is 0 Å². The first kappa shape index (κ1) is 11.3. The van der Waals surface area contributed by atoms with Crippen molar-refractivity contribution >= 4 is 16.3 Å². The van der Waals surface area contributed by atoms with Gasteiger partial charge in [-0.1, -0.05) is 0 Å². The van der Waals surface area contributed by atoms with Crippen molar-refractivity contribution in [3.05, 3.63) is 12.5 Å². The van der Waals surface area contributed by atoms with Crippen molar-refractivity contribution in [2.24, 2.45) is 5.92 Å². The summed E-state index contributed by atoms with van der Waals surface area (Å²) < 4.78 is 25.4. The minimum atomic E-state index is -3.51. The molecule has 1 saturated heterocycles. The normalized spacial score (nSPS) is 23.1. The quantitative estimate of drug-likeness (QED) is 0.758. The number of hydrogen-bond acceptors (Lipinski definition) is 4. The molecule has 0 radical (unpaired) electrons. The van der Waals surface area contributed by atoms with E-state index in [1.54, 1.807) is 0 Å². The van der Waals surface area contributed by atoms with Crippen molar-refractivity contribution in [3.63, 3.8) is 0 Å². The molecule has 0 amide bonds. The lowest BCUT2D eigenvalue weighted by Crippen LogP contribution is -2.40. The van der Waals surface area contributed by atoms with Gasteiger partial charge in [-0.2, -0.15) is 4.31 Å². The number of nitrogens with one attached hydrogen (secondary N) is 1. The number of piperidine rings is 1. The molecule has 88 valence electrons. The molecule has 1 unspecified atom stereocenters. The molecule has 1 aliphatic rings. The topological polar surface area (TPSA) is 83.1 Å². The molecule has 16 heavy (non-hydrogen) atoms. The summed E-state index contributed by atoms with van der Waals surface area (Å²) in [6.07, 6.45) is 4.91. The van der Waals surface area contributed by atoms with E-state index in [1.807, 2.05) is 0 Å². The zero-order valence-electron chi connectivity index (χ0n) is 8.67. The summed E-state index contributed by atoms with van der Waals surface area (Å²) in [6.45, 7) is 0.733. The third kappa shape index (κ3) is 2.00. The predicted molar refractivity (Wildman–Crippen MR) is 56.1 cm³/mol. The Morgan fingerprint density at radius 3 is 3.00 bits per heavy atom. The molecule has 0 bridgehead atoms. The number of nitrogens with zero attached hydrogens (tertiary/aromatic N) is 2. The Labute approximate surface area is 93.7 Å². The van der Waals surface area contributed by atoms with Gasteiger partial charge in [0.1, 0.15) is 6.29 Å². The monoisotopic (exact) mass is 243 g/mol. The fraction of sp³-hybridized carbons (Fsp3) is 0.556. The summed E-state index contributed by atoms with van der Waals surface area (Å²) in [5.41, 5.74) is 0. The van der Waals surface area contributed by atoms with E-state index in [0.29, 0.717) is 6.54 Å². The highest BCUT2D eigenvalue weighted by Gasteiger charge is 2.30. The van der Waals surface area contributed by atoms with Gasteiger partial charge >= 0.3 is 0 Å². The van der Waals surface area contributed by atoms with Gasteiger partial charge in [-0.15, -0.1) is 0 Å². The summed E-state index contributed by atoms with van der Waals surface area (Å²) in [6, 6.07) is 0. The van der Waals surface area contributed by atoms with Crippen molar-refractivity contribution in [1.29, 1.82) is 0 Å². The zero-order chi connectivity index (χ0) is 11.6. The number of hydrogen-bond donors (Lipinski definition) is 1. The van der Waals surface area contributed by atoms with Crippen LogP contribution in [0.1, 0.15) is 12.8 Å². The maximum atomic E-state index is 12.0. The van der Waals surface area contributed by atoms with Crippen LogP contribution in [0.3, 0.4) is 0 Å². The van der Waals surface area contributed by atoms with Crippen LogP contribution in [0.15, 0.2) is 17.6 Å². The molecule has 1 aliphatic heterocycles. The van der Waals surface area contributed by atoms with Crippen LogP contribution in [-0.4, -0.2) is 42.1 Å². The van der Waals surface area contributed by atoms with E-state index < -0.39 is 10.0 Å². The van der Waals surface area contributed by atoms with E-state index in [2.05, 4.69) is 9.97 Å². The standard InChI is InChI=1S/C9H13N3O3S/c13-6-8-2-1-3-12(5-8)16(14,15)9-4-10-7-11-9/h4,6-8H,1-3,5H2,(H,10,11). The Kier molecular flexibility index (Phi) is 3.06. The van der Waals surface area contributed by atoms with E-state index in [9.17, 15) is 13.2 Å². The van der Waals surface area contributed by atoms with Crippen molar-refractivity contribution in [2.45, 2.75) is 17.9 Å². The van der Waals surface area contributed by atoms with Gasteiger partial charge in [0.25, 0.3) is 10.0 Å². The number of imidazole rings is 1. The Hall–Kier alpha value is -1.21. The van der Waals surface area contributed by atoms with Crippen LogP contribution in [0.2, 0.25) is 0 Å². The van der Waals surface area contributed by atoms with Crippen LogP contribution >= 0.6 is 0 Å². The van der Waals surface area contributed by atoms with Gasteiger partial charge in [0, 0.05) is 19.0 Å². The molecule has 1 N–H and O–H groups in total. The molecule has 1 fully saturated rings. The largest absolute Gasteiger partial charge is 0.335 e. The van der Waals surface area contributed by atoms with Gasteiger partial charge < -0.3 is 9.78 Å². The predicted octanol–water partition coefficient (Wildman–Crippen LogP) is 0.00930. The summed E-state index contributed by atoms with van der Waals surface area (Å²) in [7, 11) is -3.51. The number of aldehydes is 1. The number of aromatic amines is 1. The lowest BCUT2D eigenvalue weighted by molar-refractivity contribution is -0.112. The van der Waals surface area contributed by atoms with Crippen LogP contribution in [0.25, 0.3) is 0 Å². The maximum Gasteiger partial charge on any atom is 0.260 e. The minimum Gasteiger partial charge on any atom is -0.335 e. The van der Waals surface area contributed by atoms with Crippen LogP contribution in [-0.2, 0) is 14.8 Å². The maximum absolute atomic E-state index is 12.0. The minimum absolute atomic E-state index is 0.0825. The van der Waals surface area contributed by atoms with Gasteiger partial charge in [-0.05, 0) is 12.8 Å². The number of carbonyl (C=O) groups is 1. The van der Waals surface area contributed by atoms with Crippen molar-refractivity contribution < 1.29 is 13.2 Å². The van der Waals surface area contributed by atoms with Gasteiger partial charge in [-0.3, -0.25) is 0 Å². The Bertz CT molecular complexity index is 454. The van der Waals surface area contributed by atoms with Crippen molar-refractivity contribution in [3.8, 4) is 0 Å². The molecule has 7 heteroatoms. The Morgan fingerprint density at radius 2 is 2.38 bits per heavy atom.